The fourth-order valence-electron chi connectivity index (χ4n) is 1.98. The van der Waals surface area contributed by atoms with Gasteiger partial charge in [-0.05, 0) is 38.0 Å². The van der Waals surface area contributed by atoms with E-state index in [4.69, 9.17) is 12.2 Å². The molecule has 0 aliphatic carbocycles. The van der Waals surface area contributed by atoms with Gasteiger partial charge >= 0.3 is 0 Å². The maximum atomic E-state index is 12.5. The molecule has 2 aromatic rings. The van der Waals surface area contributed by atoms with Crippen LogP contribution in [0.5, 0.6) is 0 Å². The Morgan fingerprint density at radius 3 is 2.86 bits per heavy atom. The first-order valence-electron chi connectivity index (χ1n) is 7.01. The maximum Gasteiger partial charge on any atom is 0.263 e. The van der Waals surface area contributed by atoms with Gasteiger partial charge in [-0.15, -0.1) is 11.3 Å². The van der Waals surface area contributed by atoms with Crippen LogP contribution in [0.2, 0.25) is 0 Å². The summed E-state index contributed by atoms with van der Waals surface area (Å²) in [6.45, 7) is 5.91. The molecular formula is C14H19N3O2S2. The van der Waals surface area contributed by atoms with E-state index in [-0.39, 0.29) is 28.8 Å². The molecule has 0 spiro atoms. The third-order valence-electron chi connectivity index (χ3n) is 3.39. The van der Waals surface area contributed by atoms with Gasteiger partial charge in [0, 0.05) is 10.9 Å². The highest BCUT2D eigenvalue weighted by molar-refractivity contribution is 7.71. The molecule has 1 amide bonds. The summed E-state index contributed by atoms with van der Waals surface area (Å²) in [5, 5.41) is 3.44. The van der Waals surface area contributed by atoms with Crippen LogP contribution in [0.25, 0.3) is 10.2 Å². The molecule has 0 fully saturated rings. The smallest absolute Gasteiger partial charge is 0.263 e. The van der Waals surface area contributed by atoms with Crippen LogP contribution >= 0.6 is 23.6 Å². The highest BCUT2D eigenvalue weighted by Gasteiger charge is 2.13. The third kappa shape index (κ3) is 3.41. The number of aromatic nitrogens is 2. The SMILES string of the molecule is CCc1cc2c(=O)n(CC(=O)NC(C)CC)c(=S)[nH]c2s1. The topological polar surface area (TPSA) is 66.9 Å². The standard InChI is InChI=1S/C14H19N3O2S2/c1-4-8(3)15-11(18)7-17-13(19)10-6-9(5-2)21-12(10)16-14(17)20/h6,8H,4-5,7H2,1-3H3,(H,15,18)(H,16,20). The minimum absolute atomic E-state index is 0.0498. The number of carbonyl (C=O) groups excluding carboxylic acids is 1. The Bertz CT molecular complexity index is 773. The normalized spacial score (nSPS) is 12.5. The van der Waals surface area contributed by atoms with Gasteiger partial charge in [0.2, 0.25) is 5.91 Å². The number of nitrogens with one attached hydrogen (secondary N) is 2. The first-order chi connectivity index (χ1) is 9.96. The lowest BCUT2D eigenvalue weighted by Crippen LogP contribution is -2.37. The minimum Gasteiger partial charge on any atom is -0.352 e. The summed E-state index contributed by atoms with van der Waals surface area (Å²) in [6, 6.07) is 1.96. The van der Waals surface area contributed by atoms with E-state index in [1.807, 2.05) is 26.8 Å². The van der Waals surface area contributed by atoms with Crippen molar-refractivity contribution in [3.8, 4) is 0 Å². The molecule has 0 aliphatic heterocycles. The summed E-state index contributed by atoms with van der Waals surface area (Å²) >= 11 is 6.74. The second-order valence-electron chi connectivity index (χ2n) is 5.01. The van der Waals surface area contributed by atoms with Crippen LogP contribution in [-0.2, 0) is 17.8 Å². The van der Waals surface area contributed by atoms with Crippen LogP contribution in [0.1, 0.15) is 32.1 Å². The van der Waals surface area contributed by atoms with Gasteiger partial charge in [0.1, 0.15) is 11.4 Å². The summed E-state index contributed by atoms with van der Waals surface area (Å²) < 4.78 is 1.61. The summed E-state index contributed by atoms with van der Waals surface area (Å²) in [5.41, 5.74) is -0.205. The van der Waals surface area contributed by atoms with Gasteiger partial charge in [-0.3, -0.25) is 14.2 Å². The van der Waals surface area contributed by atoms with Gasteiger partial charge in [-0.25, -0.2) is 0 Å². The average molecular weight is 325 g/mol. The number of nitrogens with zero attached hydrogens (tertiary/aromatic N) is 1. The number of hydrogen-bond donors (Lipinski definition) is 2. The number of fused-ring (bicyclic) bond motifs is 1. The number of amides is 1. The third-order valence-corrected chi connectivity index (χ3v) is 4.91. The number of hydrogen-bond acceptors (Lipinski definition) is 4. The van der Waals surface area contributed by atoms with Crippen molar-refractivity contribution in [1.29, 1.82) is 0 Å². The Labute approximate surface area is 132 Å². The van der Waals surface area contributed by atoms with Crippen molar-refractivity contribution in [2.75, 3.05) is 0 Å². The Kier molecular flexibility index (Phi) is 4.95. The van der Waals surface area contributed by atoms with Gasteiger partial charge in [0.15, 0.2) is 4.77 Å². The van der Waals surface area contributed by atoms with E-state index in [1.165, 1.54) is 15.9 Å². The lowest BCUT2D eigenvalue weighted by molar-refractivity contribution is -0.122. The van der Waals surface area contributed by atoms with E-state index < -0.39 is 0 Å². The quantitative estimate of drug-likeness (QED) is 0.830. The highest BCUT2D eigenvalue weighted by atomic mass is 32.1. The van der Waals surface area contributed by atoms with Crippen molar-refractivity contribution in [2.24, 2.45) is 0 Å². The second-order valence-corrected chi connectivity index (χ2v) is 6.53. The van der Waals surface area contributed by atoms with Crippen LogP contribution in [0, 0.1) is 4.77 Å². The van der Waals surface area contributed by atoms with E-state index >= 15 is 0 Å². The molecule has 7 heteroatoms. The zero-order valence-corrected chi connectivity index (χ0v) is 14.0. The molecule has 114 valence electrons. The maximum absolute atomic E-state index is 12.5. The molecular weight excluding hydrogens is 306 g/mol. The molecule has 0 aliphatic rings. The van der Waals surface area contributed by atoms with Crippen LogP contribution < -0.4 is 10.9 Å². The molecule has 1 unspecified atom stereocenters. The molecule has 0 saturated carbocycles. The number of aromatic amines is 1. The first kappa shape index (κ1) is 15.9. The summed E-state index contributed by atoms with van der Waals surface area (Å²) in [6.07, 6.45) is 1.71. The minimum atomic E-state index is -0.205. The molecule has 5 nitrogen and oxygen atoms in total. The van der Waals surface area contributed by atoms with Crippen molar-refractivity contribution in [3.05, 3.63) is 26.1 Å². The number of aryl methyl sites for hydroxylation is 1. The van der Waals surface area contributed by atoms with E-state index in [0.29, 0.717) is 5.39 Å². The van der Waals surface area contributed by atoms with E-state index in [2.05, 4.69) is 10.3 Å². The van der Waals surface area contributed by atoms with Crippen LogP contribution in [0.3, 0.4) is 0 Å². The zero-order valence-electron chi connectivity index (χ0n) is 12.4. The van der Waals surface area contributed by atoms with Crippen molar-refractivity contribution >= 4 is 39.7 Å². The molecule has 2 rings (SSSR count). The molecule has 2 heterocycles. The van der Waals surface area contributed by atoms with Crippen molar-refractivity contribution in [2.45, 2.75) is 46.2 Å². The van der Waals surface area contributed by atoms with E-state index in [9.17, 15) is 9.59 Å². The molecule has 2 aromatic heterocycles. The molecule has 0 radical (unpaired) electrons. The van der Waals surface area contributed by atoms with Crippen molar-refractivity contribution in [1.82, 2.24) is 14.9 Å². The fourth-order valence-corrected chi connectivity index (χ4v) is 3.28. The van der Waals surface area contributed by atoms with Gasteiger partial charge in [0.25, 0.3) is 5.56 Å². The lowest BCUT2D eigenvalue weighted by Gasteiger charge is -2.12. The van der Waals surface area contributed by atoms with E-state index in [1.54, 1.807) is 0 Å². The van der Waals surface area contributed by atoms with Gasteiger partial charge in [0.05, 0.1) is 5.39 Å². The number of H-pyrrole nitrogens is 1. The zero-order chi connectivity index (χ0) is 15.6. The number of rotatable bonds is 5. The van der Waals surface area contributed by atoms with Crippen molar-refractivity contribution < 1.29 is 4.79 Å². The predicted molar refractivity (Wildman–Crippen MR) is 88.5 cm³/mol. The van der Waals surface area contributed by atoms with Crippen molar-refractivity contribution in [3.63, 3.8) is 0 Å². The summed E-state index contributed by atoms with van der Waals surface area (Å²) in [7, 11) is 0. The number of thiophene rings is 1. The molecule has 0 aromatic carbocycles. The Balaban J connectivity index is 2.38. The highest BCUT2D eigenvalue weighted by Crippen LogP contribution is 2.21. The fraction of sp³-hybridized carbons (Fsp3) is 0.500. The van der Waals surface area contributed by atoms with Gasteiger partial charge < -0.3 is 10.3 Å². The van der Waals surface area contributed by atoms with Crippen LogP contribution in [-0.4, -0.2) is 21.5 Å². The van der Waals surface area contributed by atoms with E-state index in [0.717, 1.165) is 22.5 Å². The Morgan fingerprint density at radius 1 is 1.52 bits per heavy atom. The monoisotopic (exact) mass is 325 g/mol. The molecule has 21 heavy (non-hydrogen) atoms. The summed E-state index contributed by atoms with van der Waals surface area (Å²) in [4.78, 5) is 29.4. The lowest BCUT2D eigenvalue weighted by atomic mass is 10.2. The predicted octanol–water partition coefficient (Wildman–Crippen LogP) is 2.60. The van der Waals surface area contributed by atoms with Gasteiger partial charge in [-0.1, -0.05) is 13.8 Å². The van der Waals surface area contributed by atoms with Gasteiger partial charge in [-0.2, -0.15) is 0 Å². The largest absolute Gasteiger partial charge is 0.352 e. The molecule has 0 bridgehead atoms. The molecule has 1 atom stereocenters. The Morgan fingerprint density at radius 2 is 2.24 bits per heavy atom. The summed E-state index contributed by atoms with van der Waals surface area (Å²) in [5.74, 6) is -0.198. The first-order valence-corrected chi connectivity index (χ1v) is 8.23. The average Bonchev–Trinajstić information content (AvgIpc) is 2.86. The molecule has 0 saturated heterocycles. The number of carbonyl (C=O) groups is 1. The van der Waals surface area contributed by atoms with Crippen LogP contribution in [0.15, 0.2) is 10.9 Å². The van der Waals surface area contributed by atoms with Crippen LogP contribution in [0.4, 0.5) is 0 Å². The second kappa shape index (κ2) is 6.53. The Hall–Kier alpha value is -1.47. The molecule has 2 N–H and O–H groups in total.